The second-order valence-electron chi connectivity index (χ2n) is 8.28. The van der Waals surface area contributed by atoms with E-state index in [1.54, 1.807) is 34.5 Å². The second-order valence-corrected chi connectivity index (χ2v) is 9.36. The fourth-order valence-corrected chi connectivity index (χ4v) is 5.49. The average molecular weight is 450 g/mol. The van der Waals surface area contributed by atoms with Crippen molar-refractivity contribution in [2.24, 2.45) is 0 Å². The zero-order chi connectivity index (χ0) is 22.1. The van der Waals surface area contributed by atoms with Crippen LogP contribution in [0.1, 0.15) is 33.8 Å². The SMILES string of the molecule is Cc1cnc(CNC2CCc3c(sc4ncn(CCc5cccc(F)c5)c(=O)c34)C2)cn1. The van der Waals surface area contributed by atoms with Crippen LogP contribution in [0.3, 0.4) is 0 Å². The number of fused-ring (bicyclic) bond motifs is 3. The largest absolute Gasteiger partial charge is 0.308 e. The first-order valence-electron chi connectivity index (χ1n) is 10.8. The van der Waals surface area contributed by atoms with Gasteiger partial charge >= 0.3 is 0 Å². The van der Waals surface area contributed by atoms with E-state index in [0.29, 0.717) is 25.6 Å². The molecule has 3 aromatic heterocycles. The van der Waals surface area contributed by atoms with Crippen LogP contribution in [0, 0.1) is 12.7 Å². The smallest absolute Gasteiger partial charge is 0.262 e. The Balaban J connectivity index is 1.31. The standard InChI is InChI=1S/C24H24FN5OS/c1-15-11-27-19(12-26-15)13-28-18-5-6-20-21(10-18)32-23-22(20)24(31)30(14-29-23)8-7-16-3-2-4-17(25)9-16/h2-4,9,11-12,14,18,28H,5-8,10,13H2,1H3. The molecule has 0 bridgehead atoms. The number of aryl methyl sites for hydroxylation is 4. The number of halogens is 1. The Bertz CT molecular complexity index is 1310. The lowest BCUT2D eigenvalue weighted by Gasteiger charge is -2.23. The van der Waals surface area contributed by atoms with Crippen molar-refractivity contribution in [3.8, 4) is 0 Å². The molecule has 1 aromatic carbocycles. The predicted molar refractivity (Wildman–Crippen MR) is 123 cm³/mol. The van der Waals surface area contributed by atoms with Gasteiger partial charge in [-0.05, 0) is 55.9 Å². The van der Waals surface area contributed by atoms with E-state index < -0.39 is 0 Å². The van der Waals surface area contributed by atoms with Gasteiger partial charge in [0.15, 0.2) is 0 Å². The molecule has 1 aliphatic carbocycles. The van der Waals surface area contributed by atoms with Crippen LogP contribution in [0.25, 0.3) is 10.2 Å². The van der Waals surface area contributed by atoms with Crippen molar-refractivity contribution in [2.75, 3.05) is 0 Å². The minimum Gasteiger partial charge on any atom is -0.308 e. The molecule has 0 saturated heterocycles. The molecule has 5 rings (SSSR count). The molecular weight excluding hydrogens is 425 g/mol. The highest BCUT2D eigenvalue weighted by molar-refractivity contribution is 7.18. The third-order valence-corrected chi connectivity index (χ3v) is 7.13. The van der Waals surface area contributed by atoms with Crippen LogP contribution in [0.4, 0.5) is 4.39 Å². The molecule has 1 N–H and O–H groups in total. The van der Waals surface area contributed by atoms with Crippen molar-refractivity contribution in [3.05, 3.63) is 86.5 Å². The van der Waals surface area contributed by atoms with Crippen molar-refractivity contribution < 1.29 is 4.39 Å². The van der Waals surface area contributed by atoms with Gasteiger partial charge in [-0.2, -0.15) is 0 Å². The van der Waals surface area contributed by atoms with Crippen LogP contribution in [0.5, 0.6) is 0 Å². The molecule has 8 heteroatoms. The van der Waals surface area contributed by atoms with Crippen molar-refractivity contribution in [3.63, 3.8) is 0 Å². The molecule has 164 valence electrons. The first kappa shape index (κ1) is 20.9. The Morgan fingerprint density at radius 2 is 2.16 bits per heavy atom. The minimum absolute atomic E-state index is 0.00485. The van der Waals surface area contributed by atoms with E-state index in [1.165, 1.54) is 17.0 Å². The highest BCUT2D eigenvalue weighted by Gasteiger charge is 2.25. The number of hydrogen-bond donors (Lipinski definition) is 1. The first-order chi connectivity index (χ1) is 15.6. The van der Waals surface area contributed by atoms with E-state index >= 15 is 0 Å². The molecule has 1 unspecified atom stereocenters. The topological polar surface area (TPSA) is 72.7 Å². The number of hydrogen-bond acceptors (Lipinski definition) is 6. The van der Waals surface area contributed by atoms with Gasteiger partial charge in [-0.1, -0.05) is 12.1 Å². The lowest BCUT2D eigenvalue weighted by atomic mass is 9.93. The van der Waals surface area contributed by atoms with Crippen LogP contribution in [0.15, 0.2) is 47.8 Å². The average Bonchev–Trinajstić information content (AvgIpc) is 3.17. The number of aromatic nitrogens is 4. The molecule has 1 atom stereocenters. The quantitative estimate of drug-likeness (QED) is 0.487. The van der Waals surface area contributed by atoms with E-state index in [9.17, 15) is 9.18 Å². The summed E-state index contributed by atoms with van der Waals surface area (Å²) in [6, 6.07) is 6.85. The van der Waals surface area contributed by atoms with Crippen molar-refractivity contribution in [2.45, 2.75) is 51.7 Å². The summed E-state index contributed by atoms with van der Waals surface area (Å²) in [4.78, 5) is 28.5. The van der Waals surface area contributed by atoms with Crippen LogP contribution in [0.2, 0.25) is 0 Å². The summed E-state index contributed by atoms with van der Waals surface area (Å²) >= 11 is 1.62. The normalized spacial score (nSPS) is 15.8. The summed E-state index contributed by atoms with van der Waals surface area (Å²) in [5, 5.41) is 4.34. The predicted octanol–water partition coefficient (Wildman–Crippen LogP) is 3.59. The minimum atomic E-state index is -0.257. The third-order valence-electron chi connectivity index (χ3n) is 5.97. The maximum atomic E-state index is 13.4. The Morgan fingerprint density at radius 1 is 1.25 bits per heavy atom. The van der Waals surface area contributed by atoms with Gasteiger partial charge in [0.1, 0.15) is 10.6 Å². The number of benzene rings is 1. The van der Waals surface area contributed by atoms with Crippen molar-refractivity contribution in [1.29, 1.82) is 0 Å². The first-order valence-corrected chi connectivity index (χ1v) is 11.6. The Morgan fingerprint density at radius 3 is 2.97 bits per heavy atom. The maximum Gasteiger partial charge on any atom is 0.262 e. The van der Waals surface area contributed by atoms with Crippen LogP contribution < -0.4 is 10.9 Å². The Kier molecular flexibility index (Phi) is 5.80. The molecule has 3 heterocycles. The van der Waals surface area contributed by atoms with E-state index in [-0.39, 0.29) is 11.4 Å². The molecule has 4 aromatic rings. The Labute approximate surface area is 189 Å². The summed E-state index contributed by atoms with van der Waals surface area (Å²) in [5.74, 6) is -0.257. The second kappa shape index (κ2) is 8.88. The number of nitrogens with zero attached hydrogens (tertiary/aromatic N) is 4. The van der Waals surface area contributed by atoms with Gasteiger partial charge in [0.25, 0.3) is 5.56 Å². The summed E-state index contributed by atoms with van der Waals surface area (Å²) in [5.41, 5.74) is 3.87. The zero-order valence-corrected chi connectivity index (χ0v) is 18.7. The van der Waals surface area contributed by atoms with Gasteiger partial charge in [-0.25, -0.2) is 9.37 Å². The van der Waals surface area contributed by atoms with Crippen LogP contribution in [-0.2, 0) is 32.4 Å². The monoisotopic (exact) mass is 449 g/mol. The highest BCUT2D eigenvalue weighted by atomic mass is 32.1. The number of nitrogens with one attached hydrogen (secondary N) is 1. The summed E-state index contributed by atoms with van der Waals surface area (Å²) < 4.78 is 15.1. The summed E-state index contributed by atoms with van der Waals surface area (Å²) in [6.07, 6.45) is 8.52. The molecule has 0 aliphatic heterocycles. The molecule has 0 fully saturated rings. The maximum absolute atomic E-state index is 13.4. The highest BCUT2D eigenvalue weighted by Crippen LogP contribution is 2.33. The molecular formula is C24H24FN5OS. The van der Waals surface area contributed by atoms with Crippen LogP contribution in [-0.4, -0.2) is 25.6 Å². The molecule has 6 nitrogen and oxygen atoms in total. The van der Waals surface area contributed by atoms with Gasteiger partial charge in [0.05, 0.1) is 23.1 Å². The Hall–Kier alpha value is -2.97. The van der Waals surface area contributed by atoms with Crippen molar-refractivity contribution in [1.82, 2.24) is 24.8 Å². The lowest BCUT2D eigenvalue weighted by Crippen LogP contribution is -2.34. The fourth-order valence-electron chi connectivity index (χ4n) is 4.24. The van der Waals surface area contributed by atoms with E-state index in [2.05, 4.69) is 20.3 Å². The van der Waals surface area contributed by atoms with Gasteiger partial charge in [-0.3, -0.25) is 19.3 Å². The van der Waals surface area contributed by atoms with Gasteiger partial charge < -0.3 is 5.32 Å². The summed E-state index contributed by atoms with van der Waals surface area (Å²) in [7, 11) is 0. The zero-order valence-electron chi connectivity index (χ0n) is 17.8. The summed E-state index contributed by atoms with van der Waals surface area (Å²) in [6.45, 7) is 3.10. The van der Waals surface area contributed by atoms with Gasteiger partial charge in [0.2, 0.25) is 0 Å². The van der Waals surface area contributed by atoms with Crippen molar-refractivity contribution >= 4 is 21.6 Å². The van der Waals surface area contributed by atoms with Crippen LogP contribution >= 0.6 is 11.3 Å². The molecule has 32 heavy (non-hydrogen) atoms. The van der Waals surface area contributed by atoms with Gasteiger partial charge in [0, 0.05) is 36.4 Å². The molecule has 0 spiro atoms. The fraction of sp³-hybridized carbons (Fsp3) is 0.333. The van der Waals surface area contributed by atoms with Gasteiger partial charge in [-0.15, -0.1) is 11.3 Å². The molecule has 1 aliphatic rings. The van der Waals surface area contributed by atoms with E-state index in [0.717, 1.165) is 52.0 Å². The van der Waals surface area contributed by atoms with E-state index in [4.69, 9.17) is 0 Å². The molecule has 0 radical (unpaired) electrons. The molecule has 0 saturated carbocycles. The number of rotatable bonds is 6. The third kappa shape index (κ3) is 4.33. The number of thiophene rings is 1. The molecule has 0 amide bonds. The van der Waals surface area contributed by atoms with E-state index in [1.807, 2.05) is 19.2 Å². The lowest BCUT2D eigenvalue weighted by molar-refractivity contribution is 0.459.